The topological polar surface area (TPSA) is 112 Å². The van der Waals surface area contributed by atoms with E-state index in [-0.39, 0.29) is 13.2 Å². The molecule has 10 nitrogen and oxygen atoms in total. The third kappa shape index (κ3) is 7.29. The van der Waals surface area contributed by atoms with Crippen LogP contribution in [0.1, 0.15) is 76.7 Å². The number of ether oxygens (including phenoxy) is 4. The lowest BCUT2D eigenvalue weighted by molar-refractivity contribution is -0.178. The molecule has 2 heterocycles. The van der Waals surface area contributed by atoms with E-state index < -0.39 is 53.8 Å². The van der Waals surface area contributed by atoms with E-state index in [9.17, 15) is 19.2 Å². The number of carbonyl (C=O) groups excluding carboxylic acids is 4. The van der Waals surface area contributed by atoms with Crippen LogP contribution in [-0.2, 0) is 28.5 Å². The molecule has 4 atom stereocenters. The molecule has 232 valence electrons. The van der Waals surface area contributed by atoms with Crippen molar-refractivity contribution >= 4 is 24.1 Å². The van der Waals surface area contributed by atoms with Gasteiger partial charge in [0.2, 0.25) is 0 Å². The summed E-state index contributed by atoms with van der Waals surface area (Å²) in [4.78, 5) is 55.4. The van der Waals surface area contributed by atoms with Crippen molar-refractivity contribution in [3.63, 3.8) is 0 Å². The van der Waals surface area contributed by atoms with Gasteiger partial charge >= 0.3 is 24.1 Å². The molecule has 0 spiro atoms. The van der Waals surface area contributed by atoms with E-state index in [0.29, 0.717) is 49.9 Å². The summed E-state index contributed by atoms with van der Waals surface area (Å²) in [5.74, 6) is -1.09. The first-order valence-corrected chi connectivity index (χ1v) is 15.1. The molecule has 2 aromatic rings. The van der Waals surface area contributed by atoms with Crippen molar-refractivity contribution in [3.05, 3.63) is 71.8 Å². The summed E-state index contributed by atoms with van der Waals surface area (Å²) in [5.41, 5.74) is 0.439. The van der Waals surface area contributed by atoms with Crippen LogP contribution >= 0.6 is 0 Å². The van der Waals surface area contributed by atoms with Crippen molar-refractivity contribution in [1.82, 2.24) is 9.80 Å². The number of hydrogen-bond donors (Lipinski definition) is 0. The predicted octanol–water partition coefficient (Wildman–Crippen LogP) is 5.82. The second-order valence-corrected chi connectivity index (χ2v) is 11.4. The summed E-state index contributed by atoms with van der Waals surface area (Å²) in [6.07, 6.45) is -0.569. The van der Waals surface area contributed by atoms with E-state index in [4.69, 9.17) is 18.9 Å². The van der Waals surface area contributed by atoms with Gasteiger partial charge in [-0.15, -0.1) is 0 Å². The maximum Gasteiger partial charge on any atom is 0.410 e. The Bertz CT molecular complexity index is 1160. The van der Waals surface area contributed by atoms with Crippen molar-refractivity contribution in [2.24, 2.45) is 5.41 Å². The second-order valence-electron chi connectivity index (χ2n) is 11.4. The number of hydrogen-bond acceptors (Lipinski definition) is 8. The molecule has 0 saturated carbocycles. The van der Waals surface area contributed by atoms with Crippen molar-refractivity contribution in [2.75, 3.05) is 26.3 Å². The number of likely N-dealkylation sites (tertiary alicyclic amines) is 2. The van der Waals surface area contributed by atoms with Crippen LogP contribution < -0.4 is 0 Å². The highest BCUT2D eigenvalue weighted by atomic mass is 16.6. The Morgan fingerprint density at radius 3 is 1.42 bits per heavy atom. The largest absolute Gasteiger partial charge is 0.455 e. The van der Waals surface area contributed by atoms with Gasteiger partial charge in [-0.05, 0) is 50.7 Å². The predicted molar refractivity (Wildman–Crippen MR) is 158 cm³/mol. The summed E-state index contributed by atoms with van der Waals surface area (Å²) in [7, 11) is 0. The molecule has 0 aliphatic carbocycles. The fourth-order valence-corrected chi connectivity index (χ4v) is 5.95. The van der Waals surface area contributed by atoms with Crippen molar-refractivity contribution in [2.45, 2.75) is 77.7 Å². The van der Waals surface area contributed by atoms with E-state index >= 15 is 0 Å². The van der Waals surface area contributed by atoms with E-state index in [1.165, 1.54) is 9.80 Å². The molecule has 1 unspecified atom stereocenters. The van der Waals surface area contributed by atoms with Gasteiger partial charge in [0, 0.05) is 18.5 Å². The van der Waals surface area contributed by atoms with Gasteiger partial charge < -0.3 is 18.9 Å². The molecule has 43 heavy (non-hydrogen) atoms. The molecular formula is C33H42N2O8. The molecule has 2 aromatic carbocycles. The molecule has 2 aliphatic rings. The Balaban J connectivity index is 1.67. The summed E-state index contributed by atoms with van der Waals surface area (Å²) < 4.78 is 22.9. The van der Waals surface area contributed by atoms with E-state index in [1.54, 1.807) is 13.8 Å². The van der Waals surface area contributed by atoms with E-state index in [1.807, 2.05) is 74.5 Å². The lowest BCUT2D eigenvalue weighted by atomic mass is 9.75. The highest BCUT2D eigenvalue weighted by molar-refractivity contribution is 5.83. The van der Waals surface area contributed by atoms with Crippen LogP contribution in [-0.4, -0.2) is 72.3 Å². The quantitative estimate of drug-likeness (QED) is 0.250. The minimum absolute atomic E-state index is 0.204. The zero-order valence-electron chi connectivity index (χ0n) is 25.4. The van der Waals surface area contributed by atoms with E-state index in [2.05, 4.69) is 0 Å². The molecule has 2 fully saturated rings. The first-order chi connectivity index (χ1) is 20.7. The summed E-state index contributed by atoms with van der Waals surface area (Å²) in [6, 6.07) is 17.0. The van der Waals surface area contributed by atoms with Gasteiger partial charge in [0.1, 0.15) is 24.3 Å². The zero-order chi connectivity index (χ0) is 31.0. The average Bonchev–Trinajstić information content (AvgIpc) is 3.70. The number of carbonyl (C=O) groups is 4. The molecule has 0 N–H and O–H groups in total. The highest BCUT2D eigenvalue weighted by Gasteiger charge is 2.47. The highest BCUT2D eigenvalue weighted by Crippen LogP contribution is 2.48. The van der Waals surface area contributed by atoms with Gasteiger partial charge in [-0.2, -0.15) is 0 Å². The van der Waals surface area contributed by atoms with Crippen LogP contribution in [0.25, 0.3) is 0 Å². The fraction of sp³-hybridized carbons (Fsp3) is 0.515. The maximum atomic E-state index is 13.7. The first kappa shape index (κ1) is 31.8. The molecule has 0 aromatic heterocycles. The van der Waals surface area contributed by atoms with Crippen LogP contribution in [0.3, 0.4) is 0 Å². The Morgan fingerprint density at radius 2 is 1.07 bits per heavy atom. The number of benzene rings is 2. The molecule has 2 aliphatic heterocycles. The molecule has 4 rings (SSSR count). The number of rotatable bonds is 10. The third-order valence-electron chi connectivity index (χ3n) is 8.08. The normalized spacial score (nSPS) is 19.8. The molecule has 2 saturated heterocycles. The maximum absolute atomic E-state index is 13.7. The van der Waals surface area contributed by atoms with Gasteiger partial charge in [-0.3, -0.25) is 9.80 Å². The Hall–Kier alpha value is -4.08. The number of nitrogens with zero attached hydrogens (tertiary/aromatic N) is 2. The Morgan fingerprint density at radius 1 is 0.698 bits per heavy atom. The summed E-state index contributed by atoms with van der Waals surface area (Å²) >= 11 is 0. The van der Waals surface area contributed by atoms with Crippen LogP contribution in [0.5, 0.6) is 0 Å². The van der Waals surface area contributed by atoms with Crippen molar-refractivity contribution in [1.29, 1.82) is 0 Å². The zero-order valence-corrected chi connectivity index (χ0v) is 25.4. The van der Waals surface area contributed by atoms with E-state index in [0.717, 1.165) is 0 Å². The number of esters is 2. The van der Waals surface area contributed by atoms with Gasteiger partial charge in [0.25, 0.3) is 0 Å². The summed E-state index contributed by atoms with van der Waals surface area (Å²) in [5, 5.41) is 0. The van der Waals surface area contributed by atoms with Gasteiger partial charge in [-0.25, -0.2) is 19.2 Å². The number of amides is 2. The monoisotopic (exact) mass is 594 g/mol. The molecular weight excluding hydrogens is 552 g/mol. The molecule has 2 amide bonds. The third-order valence-corrected chi connectivity index (χ3v) is 8.08. The van der Waals surface area contributed by atoms with Crippen LogP contribution in [0.4, 0.5) is 9.59 Å². The van der Waals surface area contributed by atoms with Gasteiger partial charge in [0.15, 0.2) is 0 Å². The molecule has 0 bridgehead atoms. The van der Waals surface area contributed by atoms with Crippen LogP contribution in [0.2, 0.25) is 0 Å². The summed E-state index contributed by atoms with van der Waals surface area (Å²) in [6.45, 7) is 8.43. The first-order valence-electron chi connectivity index (χ1n) is 15.1. The average molecular weight is 595 g/mol. The lowest BCUT2D eigenvalue weighted by Crippen LogP contribution is -2.45. The molecule has 10 heteroatoms. The van der Waals surface area contributed by atoms with Crippen molar-refractivity contribution < 1.29 is 38.1 Å². The Kier molecular flexibility index (Phi) is 10.7. The standard InChI is InChI=1S/C33H42N2O8/c1-5-40-31(38)34-21-13-19-25(34)29(36)42-27(23-15-9-7-10-16-23)33(3,4)28(24-17-11-8-12-18-24)43-30(37)26-20-14-22-35(26)32(39)41-6-2/h7-12,15-18,25-28H,5-6,13-14,19-22H2,1-4H3/t25-,26?,27-,28-/m0/s1. The minimum atomic E-state index is -0.991. The van der Waals surface area contributed by atoms with Gasteiger partial charge in [0.05, 0.1) is 13.2 Å². The van der Waals surface area contributed by atoms with Crippen LogP contribution in [0.15, 0.2) is 60.7 Å². The smallest absolute Gasteiger partial charge is 0.410 e. The Labute approximate surface area is 253 Å². The second kappa shape index (κ2) is 14.4. The van der Waals surface area contributed by atoms with Gasteiger partial charge in [-0.1, -0.05) is 74.5 Å². The SMILES string of the molecule is CCOC(=O)N1CCCC1C(=O)O[C@@H](c1ccccc1)C(C)(C)[C@@H](OC(=O)[C@@H]1CCCN1C(=O)OCC)c1ccccc1. The van der Waals surface area contributed by atoms with Crippen molar-refractivity contribution in [3.8, 4) is 0 Å². The minimum Gasteiger partial charge on any atom is -0.455 e. The molecule has 0 radical (unpaired) electrons. The fourth-order valence-electron chi connectivity index (χ4n) is 5.95. The lowest BCUT2D eigenvalue weighted by Gasteiger charge is -2.41. The van der Waals surface area contributed by atoms with Crippen LogP contribution in [0, 0.1) is 5.41 Å².